The molecule has 4 nitrogen and oxygen atoms in total. The van der Waals surface area contributed by atoms with Crippen LogP contribution in [0.3, 0.4) is 0 Å². The lowest BCUT2D eigenvalue weighted by Gasteiger charge is -2.07. The van der Waals surface area contributed by atoms with Gasteiger partial charge < -0.3 is 5.21 Å². The summed E-state index contributed by atoms with van der Waals surface area (Å²) in [4.78, 5) is 1.08. The van der Waals surface area contributed by atoms with Crippen molar-refractivity contribution in [3.8, 4) is 0 Å². The second kappa shape index (κ2) is 4.40. The highest BCUT2D eigenvalue weighted by Crippen LogP contribution is 2.29. The summed E-state index contributed by atoms with van der Waals surface area (Å²) in [5.74, 6) is -0.582. The molecule has 0 atom stereocenters. The number of sulfonamides is 1. The molecule has 8 heteroatoms. The lowest BCUT2D eigenvalue weighted by Crippen LogP contribution is -2.21. The summed E-state index contributed by atoms with van der Waals surface area (Å²) >= 11 is 0. The predicted octanol–water partition coefficient (Wildman–Crippen LogP) is 1.51. The molecule has 2 N–H and O–H groups in total. The van der Waals surface area contributed by atoms with Crippen LogP contribution in [0.25, 0.3) is 0 Å². The summed E-state index contributed by atoms with van der Waals surface area (Å²) in [7, 11) is -3.90. The van der Waals surface area contributed by atoms with E-state index in [4.69, 9.17) is 5.21 Å². The second-order valence-electron chi connectivity index (χ2n) is 3.05. The molecule has 1 rings (SSSR count). The van der Waals surface area contributed by atoms with E-state index < -0.39 is 27.5 Å². The van der Waals surface area contributed by atoms with E-state index in [9.17, 15) is 21.6 Å². The number of halogens is 3. The zero-order valence-corrected chi connectivity index (χ0v) is 8.64. The Hall–Kier alpha value is -1.12. The van der Waals surface area contributed by atoms with Crippen LogP contribution in [0.1, 0.15) is 11.1 Å². The highest BCUT2D eigenvalue weighted by Gasteiger charge is 2.30. The van der Waals surface area contributed by atoms with Crippen molar-refractivity contribution in [1.29, 1.82) is 0 Å². The molecule has 0 bridgehead atoms. The first kappa shape index (κ1) is 12.9. The maximum absolute atomic E-state index is 12.2. The summed E-state index contributed by atoms with van der Waals surface area (Å²) in [6, 6.07) is 3.64. The fourth-order valence-corrected chi connectivity index (χ4v) is 1.74. The molecule has 0 saturated heterocycles. The SMILES string of the molecule is O=S(=O)(Cc1ccc(C(F)(F)F)cc1)NO. The van der Waals surface area contributed by atoms with Crippen LogP contribution in [0, 0.1) is 0 Å². The lowest BCUT2D eigenvalue weighted by atomic mass is 10.1. The lowest BCUT2D eigenvalue weighted by molar-refractivity contribution is -0.137. The quantitative estimate of drug-likeness (QED) is 0.804. The Labute approximate surface area is 89.7 Å². The van der Waals surface area contributed by atoms with Gasteiger partial charge in [-0.05, 0) is 17.7 Å². The molecule has 1 aromatic carbocycles. The number of benzene rings is 1. The average Bonchev–Trinajstić information content (AvgIpc) is 2.16. The van der Waals surface area contributed by atoms with Gasteiger partial charge in [0.1, 0.15) is 0 Å². The Morgan fingerprint density at radius 1 is 1.19 bits per heavy atom. The molecule has 90 valence electrons. The first-order chi connectivity index (χ1) is 7.24. The van der Waals surface area contributed by atoms with Gasteiger partial charge in [-0.15, -0.1) is 0 Å². The van der Waals surface area contributed by atoms with Crippen molar-refractivity contribution in [2.24, 2.45) is 0 Å². The third-order valence-corrected chi connectivity index (χ3v) is 2.77. The molecular weight excluding hydrogens is 247 g/mol. The molecule has 0 aliphatic carbocycles. The van der Waals surface area contributed by atoms with Gasteiger partial charge in [0.15, 0.2) is 0 Å². The van der Waals surface area contributed by atoms with Gasteiger partial charge >= 0.3 is 6.18 Å². The third-order valence-electron chi connectivity index (χ3n) is 1.78. The molecule has 0 aliphatic heterocycles. The fraction of sp³-hybridized carbons (Fsp3) is 0.250. The van der Waals surface area contributed by atoms with Gasteiger partial charge in [0.2, 0.25) is 10.0 Å². The van der Waals surface area contributed by atoms with Crippen LogP contribution >= 0.6 is 0 Å². The standard InChI is InChI=1S/C8H8F3NO3S/c9-8(10,11)7-3-1-6(2-4-7)5-16(14,15)12-13/h1-4,12-13H,5H2. The van der Waals surface area contributed by atoms with Gasteiger partial charge in [-0.3, -0.25) is 0 Å². The monoisotopic (exact) mass is 255 g/mol. The van der Waals surface area contributed by atoms with Crippen LogP contribution in [-0.4, -0.2) is 13.6 Å². The third kappa shape index (κ3) is 3.47. The van der Waals surface area contributed by atoms with E-state index >= 15 is 0 Å². The largest absolute Gasteiger partial charge is 0.416 e. The summed E-state index contributed by atoms with van der Waals surface area (Å²) in [6.45, 7) is 0. The zero-order chi connectivity index (χ0) is 12.4. The molecule has 0 spiro atoms. The van der Waals surface area contributed by atoms with Crippen LogP contribution in [0.15, 0.2) is 24.3 Å². The molecule has 0 radical (unpaired) electrons. The Balaban J connectivity index is 2.89. The van der Waals surface area contributed by atoms with Gasteiger partial charge in [0.05, 0.1) is 11.3 Å². The van der Waals surface area contributed by atoms with Crippen molar-refractivity contribution in [1.82, 2.24) is 4.89 Å². The molecule has 1 aromatic rings. The normalized spacial score (nSPS) is 12.8. The van der Waals surface area contributed by atoms with E-state index in [0.717, 1.165) is 29.2 Å². The number of rotatable bonds is 3. The summed E-state index contributed by atoms with van der Waals surface area (Å²) in [5.41, 5.74) is -0.708. The molecule has 0 amide bonds. The topological polar surface area (TPSA) is 66.4 Å². The van der Waals surface area contributed by atoms with E-state index in [-0.39, 0.29) is 5.56 Å². The van der Waals surface area contributed by atoms with E-state index in [1.165, 1.54) is 0 Å². The van der Waals surface area contributed by atoms with Crippen LogP contribution in [0.4, 0.5) is 13.2 Å². The van der Waals surface area contributed by atoms with Crippen molar-refractivity contribution in [3.63, 3.8) is 0 Å². The van der Waals surface area contributed by atoms with Crippen LogP contribution < -0.4 is 4.89 Å². The van der Waals surface area contributed by atoms with Crippen LogP contribution in [0.2, 0.25) is 0 Å². The van der Waals surface area contributed by atoms with E-state index in [1.807, 2.05) is 0 Å². The first-order valence-electron chi connectivity index (χ1n) is 4.04. The maximum atomic E-state index is 12.2. The number of alkyl halides is 3. The molecule has 0 aromatic heterocycles. The number of nitrogens with one attached hydrogen (secondary N) is 1. The second-order valence-corrected chi connectivity index (χ2v) is 4.75. The van der Waals surface area contributed by atoms with E-state index in [1.54, 1.807) is 0 Å². The van der Waals surface area contributed by atoms with E-state index in [2.05, 4.69) is 0 Å². The van der Waals surface area contributed by atoms with Crippen molar-refractivity contribution < 1.29 is 26.8 Å². The zero-order valence-electron chi connectivity index (χ0n) is 7.82. The van der Waals surface area contributed by atoms with Crippen molar-refractivity contribution >= 4 is 10.0 Å². The van der Waals surface area contributed by atoms with Crippen LogP contribution in [-0.2, 0) is 22.0 Å². The Morgan fingerprint density at radius 2 is 1.69 bits per heavy atom. The summed E-state index contributed by atoms with van der Waals surface area (Å²) < 4.78 is 58.2. The maximum Gasteiger partial charge on any atom is 0.416 e. The Bertz CT molecular complexity index is 452. The molecule has 0 aliphatic rings. The fourth-order valence-electron chi connectivity index (χ4n) is 1.04. The molecule has 0 fully saturated rings. The van der Waals surface area contributed by atoms with Crippen molar-refractivity contribution in [3.05, 3.63) is 35.4 Å². The molecule has 0 saturated carbocycles. The molecule has 0 heterocycles. The van der Waals surface area contributed by atoms with E-state index in [0.29, 0.717) is 0 Å². The van der Waals surface area contributed by atoms with Gasteiger partial charge in [-0.2, -0.15) is 13.2 Å². The summed E-state index contributed by atoms with van der Waals surface area (Å²) in [5, 5.41) is 8.22. The van der Waals surface area contributed by atoms with Gasteiger partial charge in [0, 0.05) is 0 Å². The Kier molecular flexibility index (Phi) is 3.56. The summed E-state index contributed by atoms with van der Waals surface area (Å²) in [6.07, 6.45) is -4.45. The highest BCUT2D eigenvalue weighted by atomic mass is 32.2. The van der Waals surface area contributed by atoms with Gasteiger partial charge in [0.25, 0.3) is 0 Å². The minimum absolute atomic E-state index is 0.148. The number of hydrogen-bond acceptors (Lipinski definition) is 3. The van der Waals surface area contributed by atoms with Crippen molar-refractivity contribution in [2.45, 2.75) is 11.9 Å². The molecule has 16 heavy (non-hydrogen) atoms. The highest BCUT2D eigenvalue weighted by molar-refractivity contribution is 7.88. The molecular formula is C8H8F3NO3S. The van der Waals surface area contributed by atoms with Crippen molar-refractivity contribution in [2.75, 3.05) is 0 Å². The minimum atomic E-state index is -4.45. The van der Waals surface area contributed by atoms with Gasteiger partial charge in [-0.25, -0.2) is 8.42 Å². The minimum Gasteiger partial charge on any atom is -0.302 e. The number of hydrogen-bond donors (Lipinski definition) is 2. The predicted molar refractivity (Wildman–Crippen MR) is 49.0 cm³/mol. The average molecular weight is 255 g/mol. The van der Waals surface area contributed by atoms with Crippen LogP contribution in [0.5, 0.6) is 0 Å². The smallest absolute Gasteiger partial charge is 0.302 e. The van der Waals surface area contributed by atoms with Gasteiger partial charge in [-0.1, -0.05) is 17.0 Å². The Morgan fingerprint density at radius 3 is 2.06 bits per heavy atom. The first-order valence-corrected chi connectivity index (χ1v) is 5.69. The molecule has 0 unspecified atom stereocenters.